The van der Waals surface area contributed by atoms with Crippen LogP contribution in [0.3, 0.4) is 0 Å². The minimum atomic E-state index is -0.578. The Morgan fingerprint density at radius 3 is 2.33 bits per heavy atom. The van der Waals surface area contributed by atoms with E-state index >= 15 is 0 Å². The lowest BCUT2D eigenvalue weighted by atomic mass is 9.80. The van der Waals surface area contributed by atoms with Crippen molar-refractivity contribution in [3.8, 4) is 0 Å². The molecule has 0 spiro atoms. The number of hydrogen-bond acceptors (Lipinski definition) is 1. The molecule has 0 aromatic heterocycles. The number of alkyl halides is 1. The van der Waals surface area contributed by atoms with Crippen LogP contribution in [0.4, 0.5) is 4.39 Å². The largest absolute Gasteiger partial charge is 0.303 e. The van der Waals surface area contributed by atoms with Crippen LogP contribution in [0.2, 0.25) is 0 Å². The van der Waals surface area contributed by atoms with E-state index in [0.717, 1.165) is 6.54 Å². The predicted octanol–water partition coefficient (Wildman–Crippen LogP) is 2.46. The lowest BCUT2D eigenvalue weighted by molar-refractivity contribution is 0.0461. The molecule has 1 fully saturated rings. The third kappa shape index (κ3) is 2.19. The van der Waals surface area contributed by atoms with Crippen molar-refractivity contribution in [3.05, 3.63) is 0 Å². The maximum absolute atomic E-state index is 13.1. The van der Waals surface area contributed by atoms with Crippen LogP contribution in [0.25, 0.3) is 0 Å². The smallest absolute Gasteiger partial charge is 0.103 e. The number of likely N-dealkylation sites (tertiary alicyclic amines) is 1. The van der Waals surface area contributed by atoms with Crippen LogP contribution in [0, 0.1) is 5.41 Å². The van der Waals surface area contributed by atoms with Gasteiger partial charge in [-0.15, -0.1) is 0 Å². The van der Waals surface area contributed by atoms with Gasteiger partial charge < -0.3 is 4.90 Å². The molecule has 0 aliphatic carbocycles. The summed E-state index contributed by atoms with van der Waals surface area (Å²) in [5.41, 5.74) is 0.208. The Morgan fingerprint density at radius 1 is 1.33 bits per heavy atom. The standard InChI is InChI=1S/C10H20FN/c1-10(2,3)9-7-8(11)5-6-12(9)4/h8-9H,5-7H2,1-4H3. The number of piperidine rings is 1. The van der Waals surface area contributed by atoms with Crippen molar-refractivity contribution >= 4 is 0 Å². The van der Waals surface area contributed by atoms with Crippen LogP contribution in [0.1, 0.15) is 33.6 Å². The normalized spacial score (nSPS) is 33.8. The molecule has 0 aromatic rings. The van der Waals surface area contributed by atoms with Gasteiger partial charge in [-0.3, -0.25) is 0 Å². The van der Waals surface area contributed by atoms with Gasteiger partial charge in [-0.05, 0) is 25.3 Å². The maximum atomic E-state index is 13.1. The van der Waals surface area contributed by atoms with Crippen molar-refractivity contribution in [2.24, 2.45) is 5.41 Å². The van der Waals surface area contributed by atoms with Crippen LogP contribution in [0.15, 0.2) is 0 Å². The number of hydrogen-bond donors (Lipinski definition) is 0. The van der Waals surface area contributed by atoms with E-state index in [9.17, 15) is 4.39 Å². The van der Waals surface area contributed by atoms with Gasteiger partial charge in [-0.1, -0.05) is 20.8 Å². The minimum absolute atomic E-state index is 0.208. The Labute approximate surface area is 74.9 Å². The molecule has 1 nitrogen and oxygen atoms in total. The Balaban J connectivity index is 2.61. The highest BCUT2D eigenvalue weighted by Gasteiger charge is 2.33. The summed E-state index contributed by atoms with van der Waals surface area (Å²) < 4.78 is 13.1. The molecule has 1 heterocycles. The van der Waals surface area contributed by atoms with E-state index in [2.05, 4.69) is 32.7 Å². The van der Waals surface area contributed by atoms with Gasteiger partial charge in [0, 0.05) is 12.6 Å². The number of halogens is 1. The first-order valence-corrected chi connectivity index (χ1v) is 4.75. The molecule has 1 saturated heterocycles. The third-order valence-electron chi connectivity index (χ3n) is 2.81. The first kappa shape index (κ1) is 9.97. The molecule has 1 rings (SSSR count). The molecule has 72 valence electrons. The molecule has 1 aliphatic rings. The van der Waals surface area contributed by atoms with Gasteiger partial charge >= 0.3 is 0 Å². The summed E-state index contributed by atoms with van der Waals surface area (Å²) in [7, 11) is 2.10. The van der Waals surface area contributed by atoms with Crippen LogP contribution in [-0.2, 0) is 0 Å². The Morgan fingerprint density at radius 2 is 1.92 bits per heavy atom. The zero-order valence-corrected chi connectivity index (χ0v) is 8.60. The van der Waals surface area contributed by atoms with Crippen molar-refractivity contribution in [1.29, 1.82) is 0 Å². The Hall–Kier alpha value is -0.110. The first-order chi connectivity index (χ1) is 5.41. The lowest BCUT2D eigenvalue weighted by Gasteiger charge is -2.42. The van der Waals surface area contributed by atoms with E-state index in [1.165, 1.54) is 0 Å². The fourth-order valence-electron chi connectivity index (χ4n) is 2.05. The summed E-state index contributed by atoms with van der Waals surface area (Å²) in [5.74, 6) is 0. The Bertz CT molecular complexity index is 150. The van der Waals surface area contributed by atoms with Crippen molar-refractivity contribution in [3.63, 3.8) is 0 Å². The molecule has 0 amide bonds. The van der Waals surface area contributed by atoms with Crippen molar-refractivity contribution in [1.82, 2.24) is 4.90 Å². The lowest BCUT2D eigenvalue weighted by Crippen LogP contribution is -2.47. The summed E-state index contributed by atoms with van der Waals surface area (Å²) in [6.07, 6.45) is 0.841. The zero-order valence-electron chi connectivity index (χ0n) is 8.60. The zero-order chi connectivity index (χ0) is 9.35. The molecular formula is C10H20FN. The van der Waals surface area contributed by atoms with E-state index in [0.29, 0.717) is 18.9 Å². The SMILES string of the molecule is CN1CCC(F)CC1C(C)(C)C. The van der Waals surface area contributed by atoms with E-state index in [1.807, 2.05) is 0 Å². The molecule has 1 aliphatic heterocycles. The highest BCUT2D eigenvalue weighted by molar-refractivity contribution is 4.87. The minimum Gasteiger partial charge on any atom is -0.303 e. The average Bonchev–Trinajstić information content (AvgIpc) is 1.92. The van der Waals surface area contributed by atoms with Crippen LogP contribution in [-0.4, -0.2) is 30.7 Å². The van der Waals surface area contributed by atoms with Gasteiger partial charge in [0.05, 0.1) is 0 Å². The Kier molecular flexibility index (Phi) is 2.77. The molecule has 0 aromatic carbocycles. The second-order valence-electron chi connectivity index (χ2n) is 4.98. The molecule has 0 saturated carbocycles. The number of rotatable bonds is 0. The monoisotopic (exact) mass is 173 g/mol. The van der Waals surface area contributed by atoms with E-state index < -0.39 is 6.17 Å². The van der Waals surface area contributed by atoms with Crippen molar-refractivity contribution < 1.29 is 4.39 Å². The van der Waals surface area contributed by atoms with Crippen LogP contribution >= 0.6 is 0 Å². The molecular weight excluding hydrogens is 153 g/mol. The highest BCUT2D eigenvalue weighted by Crippen LogP contribution is 2.31. The van der Waals surface area contributed by atoms with E-state index in [1.54, 1.807) is 0 Å². The van der Waals surface area contributed by atoms with Crippen LogP contribution < -0.4 is 0 Å². The fourth-order valence-corrected chi connectivity index (χ4v) is 2.05. The quantitative estimate of drug-likeness (QED) is 0.544. The predicted molar refractivity (Wildman–Crippen MR) is 50.0 cm³/mol. The first-order valence-electron chi connectivity index (χ1n) is 4.75. The maximum Gasteiger partial charge on any atom is 0.103 e. The van der Waals surface area contributed by atoms with Gasteiger partial charge in [0.2, 0.25) is 0 Å². The van der Waals surface area contributed by atoms with Gasteiger partial charge in [0.15, 0.2) is 0 Å². The topological polar surface area (TPSA) is 3.24 Å². The second-order valence-corrected chi connectivity index (χ2v) is 4.98. The van der Waals surface area contributed by atoms with E-state index in [-0.39, 0.29) is 5.41 Å². The molecule has 12 heavy (non-hydrogen) atoms. The highest BCUT2D eigenvalue weighted by atomic mass is 19.1. The average molecular weight is 173 g/mol. The van der Waals surface area contributed by atoms with Crippen molar-refractivity contribution in [2.75, 3.05) is 13.6 Å². The van der Waals surface area contributed by atoms with Crippen molar-refractivity contribution in [2.45, 2.75) is 45.8 Å². The molecule has 0 N–H and O–H groups in total. The van der Waals surface area contributed by atoms with E-state index in [4.69, 9.17) is 0 Å². The molecule has 2 heteroatoms. The van der Waals surface area contributed by atoms with Gasteiger partial charge in [0.25, 0.3) is 0 Å². The summed E-state index contributed by atoms with van der Waals surface area (Å²) in [6.45, 7) is 7.47. The summed E-state index contributed by atoms with van der Waals surface area (Å²) in [5, 5.41) is 0. The molecule has 2 unspecified atom stereocenters. The van der Waals surface area contributed by atoms with Crippen LogP contribution in [0.5, 0.6) is 0 Å². The molecule has 2 atom stereocenters. The summed E-state index contributed by atoms with van der Waals surface area (Å²) in [6, 6.07) is 0.404. The second kappa shape index (κ2) is 3.33. The molecule has 0 radical (unpaired) electrons. The fraction of sp³-hybridized carbons (Fsp3) is 1.00. The summed E-state index contributed by atoms with van der Waals surface area (Å²) >= 11 is 0. The van der Waals surface area contributed by atoms with Gasteiger partial charge in [0.1, 0.15) is 6.17 Å². The molecule has 0 bridgehead atoms. The number of nitrogens with zero attached hydrogens (tertiary/aromatic N) is 1. The van der Waals surface area contributed by atoms with Gasteiger partial charge in [-0.2, -0.15) is 0 Å². The third-order valence-corrected chi connectivity index (χ3v) is 2.81. The summed E-state index contributed by atoms with van der Waals surface area (Å²) in [4.78, 5) is 2.29. The van der Waals surface area contributed by atoms with Gasteiger partial charge in [-0.25, -0.2) is 4.39 Å².